The van der Waals surface area contributed by atoms with Crippen molar-refractivity contribution in [3.8, 4) is 0 Å². The molecular formula is C11H16S. The predicted octanol–water partition coefficient (Wildman–Crippen LogP) is 3.67. The molecule has 0 atom stereocenters. The molecule has 0 amide bonds. The van der Waals surface area contributed by atoms with Crippen LogP contribution in [-0.2, 0) is 6.42 Å². The van der Waals surface area contributed by atoms with E-state index in [0.717, 1.165) is 0 Å². The Hall–Kier alpha value is -0.430. The van der Waals surface area contributed by atoms with Crippen molar-refractivity contribution in [1.29, 1.82) is 0 Å². The Balaban J connectivity index is 0.000000336. The maximum atomic E-state index is 2.30. The van der Waals surface area contributed by atoms with E-state index < -0.39 is 0 Å². The van der Waals surface area contributed by atoms with Crippen LogP contribution in [0.4, 0.5) is 0 Å². The van der Waals surface area contributed by atoms with Gasteiger partial charge in [-0.15, -0.1) is 11.8 Å². The van der Waals surface area contributed by atoms with E-state index in [1.54, 1.807) is 5.56 Å². The first-order chi connectivity index (χ1) is 5.86. The maximum Gasteiger partial charge on any atom is 0.0105 e. The van der Waals surface area contributed by atoms with E-state index >= 15 is 0 Å². The fraction of sp³-hybridized carbons (Fsp3) is 0.455. The Morgan fingerprint density at radius 3 is 2.75 bits per heavy atom. The quantitative estimate of drug-likeness (QED) is 0.587. The third kappa shape index (κ3) is 2.04. The first-order valence-corrected chi connectivity index (χ1v) is 5.57. The monoisotopic (exact) mass is 180 g/mol. The molecule has 0 radical (unpaired) electrons. The summed E-state index contributed by atoms with van der Waals surface area (Å²) in [7, 11) is 0. The molecule has 1 aliphatic heterocycles. The second-order valence-electron chi connectivity index (χ2n) is 2.71. The standard InChI is InChI=1S/C9H10S.C2H6/c1-7-2-3-9-8(6-7)4-5-10-9;1-2/h2-3,6H,4-5H2,1H3;1-2H3. The highest BCUT2D eigenvalue weighted by molar-refractivity contribution is 7.99. The van der Waals surface area contributed by atoms with Gasteiger partial charge in [-0.3, -0.25) is 0 Å². The third-order valence-electron chi connectivity index (χ3n) is 1.84. The van der Waals surface area contributed by atoms with Crippen molar-refractivity contribution < 1.29 is 0 Å². The Kier molecular flexibility index (Phi) is 3.67. The van der Waals surface area contributed by atoms with Crippen molar-refractivity contribution in [1.82, 2.24) is 0 Å². The molecule has 0 N–H and O–H groups in total. The van der Waals surface area contributed by atoms with E-state index in [9.17, 15) is 0 Å². The van der Waals surface area contributed by atoms with E-state index in [2.05, 4.69) is 25.1 Å². The maximum absolute atomic E-state index is 2.30. The van der Waals surface area contributed by atoms with Crippen LogP contribution in [0.1, 0.15) is 25.0 Å². The Morgan fingerprint density at radius 1 is 1.25 bits per heavy atom. The summed E-state index contributed by atoms with van der Waals surface area (Å²) in [6.45, 7) is 6.16. The summed E-state index contributed by atoms with van der Waals surface area (Å²) in [6, 6.07) is 6.73. The average Bonchev–Trinajstić information content (AvgIpc) is 2.54. The largest absolute Gasteiger partial charge is 0.126 e. The zero-order valence-corrected chi connectivity index (χ0v) is 8.87. The highest BCUT2D eigenvalue weighted by atomic mass is 32.2. The van der Waals surface area contributed by atoms with Gasteiger partial charge in [0, 0.05) is 10.6 Å². The summed E-state index contributed by atoms with van der Waals surface area (Å²) in [5.74, 6) is 1.28. The first kappa shape index (κ1) is 9.66. The van der Waals surface area contributed by atoms with E-state index in [0.29, 0.717) is 0 Å². The Labute approximate surface area is 79.4 Å². The molecule has 66 valence electrons. The lowest BCUT2D eigenvalue weighted by Gasteiger charge is -1.97. The highest BCUT2D eigenvalue weighted by Gasteiger charge is 2.09. The Morgan fingerprint density at radius 2 is 2.00 bits per heavy atom. The predicted molar refractivity (Wildman–Crippen MR) is 57.0 cm³/mol. The van der Waals surface area contributed by atoms with E-state index in [1.807, 2.05) is 25.6 Å². The Bertz CT molecular complexity index is 253. The summed E-state index contributed by atoms with van der Waals surface area (Å²) < 4.78 is 0. The topological polar surface area (TPSA) is 0 Å². The number of aryl methyl sites for hydroxylation is 2. The molecule has 0 aromatic heterocycles. The molecule has 1 aliphatic rings. The normalized spacial score (nSPS) is 13.2. The van der Waals surface area contributed by atoms with Crippen molar-refractivity contribution in [2.45, 2.75) is 32.1 Å². The van der Waals surface area contributed by atoms with Gasteiger partial charge in [0.25, 0.3) is 0 Å². The summed E-state index contributed by atoms with van der Waals surface area (Å²) in [5.41, 5.74) is 2.94. The zero-order chi connectivity index (χ0) is 8.97. The van der Waals surface area contributed by atoms with Crippen LogP contribution in [0, 0.1) is 6.92 Å². The lowest BCUT2D eigenvalue weighted by molar-refractivity contribution is 1.13. The van der Waals surface area contributed by atoms with Gasteiger partial charge in [0.2, 0.25) is 0 Å². The van der Waals surface area contributed by atoms with Gasteiger partial charge in [0.1, 0.15) is 0 Å². The number of rotatable bonds is 0. The molecule has 0 aliphatic carbocycles. The molecule has 0 unspecified atom stereocenters. The van der Waals surface area contributed by atoms with Gasteiger partial charge < -0.3 is 0 Å². The van der Waals surface area contributed by atoms with Crippen LogP contribution in [0.3, 0.4) is 0 Å². The summed E-state index contributed by atoms with van der Waals surface area (Å²) in [6.07, 6.45) is 1.27. The second-order valence-corrected chi connectivity index (χ2v) is 3.85. The van der Waals surface area contributed by atoms with Crippen LogP contribution in [-0.4, -0.2) is 5.75 Å². The van der Waals surface area contributed by atoms with Crippen molar-refractivity contribution in [2.75, 3.05) is 5.75 Å². The SMILES string of the molecule is CC.Cc1ccc2c(c1)CCS2. The van der Waals surface area contributed by atoms with Crippen LogP contribution in [0.25, 0.3) is 0 Å². The number of hydrogen-bond acceptors (Lipinski definition) is 1. The molecular weight excluding hydrogens is 164 g/mol. The van der Waals surface area contributed by atoms with Crippen LogP contribution < -0.4 is 0 Å². The minimum atomic E-state index is 1.27. The lowest BCUT2D eigenvalue weighted by Crippen LogP contribution is -1.80. The fourth-order valence-electron chi connectivity index (χ4n) is 1.32. The lowest BCUT2D eigenvalue weighted by atomic mass is 10.1. The van der Waals surface area contributed by atoms with Crippen LogP contribution in [0.5, 0.6) is 0 Å². The van der Waals surface area contributed by atoms with Gasteiger partial charge in [-0.25, -0.2) is 0 Å². The molecule has 0 nitrogen and oxygen atoms in total. The van der Waals surface area contributed by atoms with Crippen molar-refractivity contribution in [2.24, 2.45) is 0 Å². The number of thioether (sulfide) groups is 1. The molecule has 0 saturated carbocycles. The smallest absolute Gasteiger partial charge is 0.0105 e. The van der Waals surface area contributed by atoms with Gasteiger partial charge in [-0.05, 0) is 25.0 Å². The zero-order valence-electron chi connectivity index (χ0n) is 8.05. The summed E-state index contributed by atoms with van der Waals surface area (Å²) >= 11 is 1.98. The van der Waals surface area contributed by atoms with Crippen molar-refractivity contribution in [3.05, 3.63) is 29.3 Å². The molecule has 2 rings (SSSR count). The van der Waals surface area contributed by atoms with Gasteiger partial charge in [0.15, 0.2) is 0 Å². The number of hydrogen-bond donors (Lipinski definition) is 0. The van der Waals surface area contributed by atoms with Gasteiger partial charge in [0.05, 0.1) is 0 Å². The van der Waals surface area contributed by atoms with E-state index in [-0.39, 0.29) is 0 Å². The van der Waals surface area contributed by atoms with Crippen LogP contribution in [0.2, 0.25) is 0 Å². The molecule has 1 aromatic rings. The summed E-state index contributed by atoms with van der Waals surface area (Å²) in [5, 5.41) is 0. The molecule has 1 aromatic carbocycles. The minimum absolute atomic E-state index is 1.27. The van der Waals surface area contributed by atoms with Gasteiger partial charge in [-0.1, -0.05) is 31.5 Å². The molecule has 12 heavy (non-hydrogen) atoms. The van der Waals surface area contributed by atoms with Gasteiger partial charge in [-0.2, -0.15) is 0 Å². The van der Waals surface area contributed by atoms with Crippen LogP contribution >= 0.6 is 11.8 Å². The highest BCUT2D eigenvalue weighted by Crippen LogP contribution is 2.31. The molecule has 1 heteroatoms. The number of benzene rings is 1. The molecule has 1 heterocycles. The van der Waals surface area contributed by atoms with Crippen molar-refractivity contribution in [3.63, 3.8) is 0 Å². The van der Waals surface area contributed by atoms with E-state index in [4.69, 9.17) is 0 Å². The molecule has 0 saturated heterocycles. The van der Waals surface area contributed by atoms with E-state index in [1.165, 1.54) is 22.6 Å². The molecule has 0 bridgehead atoms. The fourth-order valence-corrected chi connectivity index (χ4v) is 2.37. The molecule has 0 spiro atoms. The number of fused-ring (bicyclic) bond motifs is 1. The second kappa shape index (κ2) is 4.56. The van der Waals surface area contributed by atoms with Crippen molar-refractivity contribution >= 4 is 11.8 Å². The first-order valence-electron chi connectivity index (χ1n) is 4.58. The average molecular weight is 180 g/mol. The molecule has 0 fully saturated rings. The minimum Gasteiger partial charge on any atom is -0.126 e. The summed E-state index contributed by atoms with van der Waals surface area (Å²) in [4.78, 5) is 1.49. The van der Waals surface area contributed by atoms with Gasteiger partial charge >= 0.3 is 0 Å². The third-order valence-corrected chi connectivity index (χ3v) is 2.96. The van der Waals surface area contributed by atoms with Crippen LogP contribution in [0.15, 0.2) is 23.1 Å².